The van der Waals surface area contributed by atoms with Gasteiger partial charge in [0.1, 0.15) is 0 Å². The molecule has 0 aliphatic heterocycles. The number of halogens is 1. The molecule has 0 unspecified atom stereocenters. The van der Waals surface area contributed by atoms with Crippen LogP contribution >= 0.6 is 11.6 Å². The maximum Gasteiger partial charge on any atom is 0.0778 e. The van der Waals surface area contributed by atoms with Crippen LogP contribution in [0.15, 0.2) is 41.5 Å². The molecule has 0 aromatic heterocycles. The molecule has 0 fully saturated rings. The van der Waals surface area contributed by atoms with E-state index in [2.05, 4.69) is 11.6 Å². The van der Waals surface area contributed by atoms with Crippen molar-refractivity contribution in [3.05, 3.63) is 47.1 Å². The first kappa shape index (κ1) is 9.81. The summed E-state index contributed by atoms with van der Waals surface area (Å²) in [7, 11) is 0. The average molecular weight is 195 g/mol. The molecule has 2 nitrogen and oxygen atoms in total. The van der Waals surface area contributed by atoms with Crippen molar-refractivity contribution in [1.82, 2.24) is 0 Å². The van der Waals surface area contributed by atoms with Gasteiger partial charge in [0.05, 0.1) is 6.54 Å². The normalized spacial score (nSPS) is 10.5. The summed E-state index contributed by atoms with van der Waals surface area (Å²) in [5.41, 5.74) is 6.79. The monoisotopic (exact) mass is 194 g/mol. The maximum atomic E-state index is 5.89. The second-order valence-corrected chi connectivity index (χ2v) is 3.06. The van der Waals surface area contributed by atoms with Crippen molar-refractivity contribution in [2.24, 2.45) is 10.7 Å². The molecule has 0 amide bonds. The van der Waals surface area contributed by atoms with E-state index in [0.29, 0.717) is 17.3 Å². The van der Waals surface area contributed by atoms with Gasteiger partial charge in [-0.15, -0.1) is 0 Å². The molecule has 0 spiro atoms. The van der Waals surface area contributed by atoms with Gasteiger partial charge in [-0.05, 0) is 6.07 Å². The molecular weight excluding hydrogens is 184 g/mol. The van der Waals surface area contributed by atoms with Crippen molar-refractivity contribution in [3.8, 4) is 0 Å². The van der Waals surface area contributed by atoms with Gasteiger partial charge >= 0.3 is 0 Å². The van der Waals surface area contributed by atoms with Crippen LogP contribution in [0.5, 0.6) is 0 Å². The summed E-state index contributed by atoms with van der Waals surface area (Å²) < 4.78 is 0. The highest BCUT2D eigenvalue weighted by Crippen LogP contribution is 2.12. The summed E-state index contributed by atoms with van der Waals surface area (Å²) in [5, 5.41) is 0.689. The smallest absolute Gasteiger partial charge is 0.0778 e. The number of rotatable bonds is 3. The lowest BCUT2D eigenvalue weighted by Crippen LogP contribution is -1.98. The van der Waals surface area contributed by atoms with E-state index in [0.717, 1.165) is 5.56 Å². The molecule has 3 heteroatoms. The molecule has 0 heterocycles. The van der Waals surface area contributed by atoms with Gasteiger partial charge in [0, 0.05) is 22.5 Å². The van der Waals surface area contributed by atoms with Crippen LogP contribution in [0, 0.1) is 0 Å². The summed E-state index contributed by atoms with van der Waals surface area (Å²) in [5.74, 6) is 0. The van der Waals surface area contributed by atoms with Crippen LogP contribution in [-0.4, -0.2) is 12.8 Å². The molecule has 0 aliphatic carbocycles. The number of benzene rings is 1. The standard InChI is InChI=1S/C10H11ClN2/c1-8(12)6-13-7-9-4-2-3-5-10(9)11/h2-5,7H,1,6,12H2. The van der Waals surface area contributed by atoms with Crippen molar-refractivity contribution in [2.45, 2.75) is 0 Å². The molecule has 0 aliphatic rings. The van der Waals surface area contributed by atoms with Gasteiger partial charge in [0.2, 0.25) is 0 Å². The minimum Gasteiger partial charge on any atom is -0.401 e. The minimum atomic E-state index is 0.436. The summed E-state index contributed by atoms with van der Waals surface area (Å²) in [6, 6.07) is 7.50. The highest BCUT2D eigenvalue weighted by atomic mass is 35.5. The number of nitrogens with zero attached hydrogens (tertiary/aromatic N) is 1. The molecule has 1 rings (SSSR count). The lowest BCUT2D eigenvalue weighted by Gasteiger charge is -1.95. The molecule has 1 aromatic rings. The molecule has 0 saturated heterocycles. The van der Waals surface area contributed by atoms with E-state index in [4.69, 9.17) is 17.3 Å². The third-order valence-electron chi connectivity index (χ3n) is 1.43. The molecule has 0 bridgehead atoms. The van der Waals surface area contributed by atoms with Crippen LogP contribution in [0.25, 0.3) is 0 Å². The largest absolute Gasteiger partial charge is 0.401 e. The first-order valence-electron chi connectivity index (χ1n) is 3.88. The van der Waals surface area contributed by atoms with E-state index in [1.807, 2.05) is 24.3 Å². The average Bonchev–Trinajstić information content (AvgIpc) is 2.08. The summed E-state index contributed by atoms with van der Waals surface area (Å²) >= 11 is 5.89. The topological polar surface area (TPSA) is 38.4 Å². The molecule has 2 N–H and O–H groups in total. The Labute approximate surface area is 82.7 Å². The zero-order valence-electron chi connectivity index (χ0n) is 7.20. The Morgan fingerprint density at radius 2 is 2.23 bits per heavy atom. The zero-order chi connectivity index (χ0) is 9.68. The first-order chi connectivity index (χ1) is 6.20. The molecule has 13 heavy (non-hydrogen) atoms. The molecule has 0 atom stereocenters. The predicted molar refractivity (Wildman–Crippen MR) is 57.2 cm³/mol. The Kier molecular flexibility index (Phi) is 3.53. The van der Waals surface area contributed by atoms with E-state index in [1.54, 1.807) is 6.21 Å². The quantitative estimate of drug-likeness (QED) is 0.737. The highest BCUT2D eigenvalue weighted by molar-refractivity contribution is 6.33. The van der Waals surface area contributed by atoms with Crippen LogP contribution in [-0.2, 0) is 0 Å². The summed E-state index contributed by atoms with van der Waals surface area (Å²) in [4.78, 5) is 4.07. The Bertz CT molecular complexity index is 331. The third kappa shape index (κ3) is 3.30. The van der Waals surface area contributed by atoms with Gasteiger partial charge in [0.25, 0.3) is 0 Å². The number of hydrogen-bond acceptors (Lipinski definition) is 2. The van der Waals surface area contributed by atoms with Crippen LogP contribution in [0.2, 0.25) is 5.02 Å². The first-order valence-corrected chi connectivity index (χ1v) is 4.25. The third-order valence-corrected chi connectivity index (χ3v) is 1.77. The molecular formula is C10H11ClN2. The zero-order valence-corrected chi connectivity index (χ0v) is 7.96. The molecule has 0 saturated carbocycles. The van der Waals surface area contributed by atoms with Crippen LogP contribution in [0.4, 0.5) is 0 Å². The van der Waals surface area contributed by atoms with E-state index in [-0.39, 0.29) is 0 Å². The molecule has 0 radical (unpaired) electrons. The van der Waals surface area contributed by atoms with E-state index in [1.165, 1.54) is 0 Å². The highest BCUT2D eigenvalue weighted by Gasteiger charge is 1.92. The minimum absolute atomic E-state index is 0.436. The number of hydrogen-bond donors (Lipinski definition) is 1. The van der Waals surface area contributed by atoms with Crippen molar-refractivity contribution in [1.29, 1.82) is 0 Å². The van der Waals surface area contributed by atoms with Gasteiger partial charge in [0.15, 0.2) is 0 Å². The van der Waals surface area contributed by atoms with Crippen molar-refractivity contribution in [3.63, 3.8) is 0 Å². The van der Waals surface area contributed by atoms with Crippen LogP contribution in [0.1, 0.15) is 5.56 Å². The Hall–Kier alpha value is -1.28. The van der Waals surface area contributed by atoms with E-state index in [9.17, 15) is 0 Å². The van der Waals surface area contributed by atoms with Crippen molar-refractivity contribution < 1.29 is 0 Å². The van der Waals surface area contributed by atoms with E-state index >= 15 is 0 Å². The maximum absolute atomic E-state index is 5.89. The van der Waals surface area contributed by atoms with Gasteiger partial charge in [-0.1, -0.05) is 36.4 Å². The molecule has 68 valence electrons. The fourth-order valence-electron chi connectivity index (χ4n) is 0.841. The fourth-order valence-corrected chi connectivity index (χ4v) is 1.03. The van der Waals surface area contributed by atoms with E-state index < -0.39 is 0 Å². The Balaban J connectivity index is 2.68. The van der Waals surface area contributed by atoms with Gasteiger partial charge in [-0.2, -0.15) is 0 Å². The second kappa shape index (κ2) is 4.67. The number of aliphatic imine (C=N–C) groups is 1. The van der Waals surface area contributed by atoms with Gasteiger partial charge in [-0.25, -0.2) is 0 Å². The van der Waals surface area contributed by atoms with Gasteiger partial charge in [-0.3, -0.25) is 4.99 Å². The SMILES string of the molecule is C=C(N)CN=Cc1ccccc1Cl. The van der Waals surface area contributed by atoms with Gasteiger partial charge < -0.3 is 5.73 Å². The Morgan fingerprint density at radius 3 is 2.85 bits per heavy atom. The van der Waals surface area contributed by atoms with Crippen molar-refractivity contribution >= 4 is 17.8 Å². The van der Waals surface area contributed by atoms with Crippen LogP contribution < -0.4 is 5.73 Å². The summed E-state index contributed by atoms with van der Waals surface area (Å²) in [6.07, 6.45) is 1.69. The molecule has 1 aromatic carbocycles. The second-order valence-electron chi connectivity index (χ2n) is 2.65. The Morgan fingerprint density at radius 1 is 1.54 bits per heavy atom. The number of nitrogens with two attached hydrogens (primary N) is 1. The van der Waals surface area contributed by atoms with Crippen LogP contribution in [0.3, 0.4) is 0 Å². The summed E-state index contributed by atoms with van der Waals surface area (Å²) in [6.45, 7) is 3.98. The lowest BCUT2D eigenvalue weighted by atomic mass is 10.2. The van der Waals surface area contributed by atoms with Crippen molar-refractivity contribution in [2.75, 3.05) is 6.54 Å². The predicted octanol–water partition coefficient (Wildman–Crippen LogP) is 2.23. The fraction of sp³-hybridized carbons (Fsp3) is 0.100. The lowest BCUT2D eigenvalue weighted by molar-refractivity contribution is 1.12.